The van der Waals surface area contributed by atoms with Crippen molar-refractivity contribution in [3.8, 4) is 5.75 Å². The fourth-order valence-corrected chi connectivity index (χ4v) is 2.13. The first-order valence-corrected chi connectivity index (χ1v) is 5.41. The molecule has 0 bridgehead atoms. The summed E-state index contributed by atoms with van der Waals surface area (Å²) in [6.45, 7) is 0. The zero-order chi connectivity index (χ0) is 13.6. The number of hydrogen-bond acceptors (Lipinski definition) is 5. The monoisotopic (exact) mass is 258 g/mol. The molecule has 0 unspecified atom stereocenters. The Morgan fingerprint density at radius 3 is 2.16 bits per heavy atom. The van der Waals surface area contributed by atoms with E-state index < -0.39 is 17.4 Å². The summed E-state index contributed by atoms with van der Waals surface area (Å²) in [5, 5.41) is 7.13. The Morgan fingerprint density at radius 1 is 1.00 bits per heavy atom. The highest BCUT2D eigenvalue weighted by Crippen LogP contribution is 2.33. The van der Waals surface area contributed by atoms with Gasteiger partial charge in [0.1, 0.15) is 11.6 Å². The largest absolute Gasteiger partial charge is 0.496 e. The van der Waals surface area contributed by atoms with Crippen molar-refractivity contribution < 1.29 is 18.7 Å². The highest BCUT2D eigenvalue weighted by molar-refractivity contribution is 6.29. The molecule has 1 aliphatic carbocycles. The smallest absolute Gasteiger partial charge is 0.200 e. The van der Waals surface area contributed by atoms with Gasteiger partial charge in [-0.15, -0.1) is 0 Å². The van der Waals surface area contributed by atoms with Crippen LogP contribution in [0.2, 0.25) is 0 Å². The highest BCUT2D eigenvalue weighted by atomic mass is 19.1. The third kappa shape index (κ3) is 1.46. The Balaban J connectivity index is 2.38. The Bertz CT molecular complexity index is 728. The van der Waals surface area contributed by atoms with Crippen LogP contribution in [0, 0.1) is 5.82 Å². The summed E-state index contributed by atoms with van der Waals surface area (Å²) in [5.41, 5.74) is -0.172. The van der Waals surface area contributed by atoms with E-state index in [0.717, 1.165) is 12.3 Å². The second-order valence-corrected chi connectivity index (χ2v) is 3.97. The van der Waals surface area contributed by atoms with Crippen LogP contribution >= 0.6 is 0 Å². The summed E-state index contributed by atoms with van der Waals surface area (Å²) in [7, 11) is 1.35. The van der Waals surface area contributed by atoms with Gasteiger partial charge in [0.15, 0.2) is 11.6 Å². The van der Waals surface area contributed by atoms with Gasteiger partial charge in [-0.1, -0.05) is 0 Å². The molecule has 0 radical (unpaired) electrons. The number of carbonyl (C=O) groups is 2. The van der Waals surface area contributed by atoms with Crippen molar-refractivity contribution in [1.82, 2.24) is 10.2 Å². The zero-order valence-electron chi connectivity index (χ0n) is 9.81. The quantitative estimate of drug-likeness (QED) is 0.660. The summed E-state index contributed by atoms with van der Waals surface area (Å²) in [4.78, 5) is 24.5. The maximum Gasteiger partial charge on any atom is 0.200 e. The van der Waals surface area contributed by atoms with Gasteiger partial charge in [-0.25, -0.2) is 4.39 Å². The lowest BCUT2D eigenvalue weighted by molar-refractivity contribution is 0.0972. The lowest BCUT2D eigenvalue weighted by Crippen LogP contribution is -2.23. The first kappa shape index (κ1) is 11.5. The van der Waals surface area contributed by atoms with E-state index in [1.807, 2.05) is 0 Å². The van der Waals surface area contributed by atoms with E-state index in [-0.39, 0.29) is 28.0 Å². The van der Waals surface area contributed by atoms with Crippen molar-refractivity contribution >= 4 is 11.6 Å². The van der Waals surface area contributed by atoms with Crippen molar-refractivity contribution in [3.63, 3.8) is 0 Å². The number of methoxy groups -OCH3 is 1. The molecule has 1 heterocycles. The summed E-state index contributed by atoms with van der Waals surface area (Å²) >= 11 is 0. The van der Waals surface area contributed by atoms with E-state index in [1.165, 1.54) is 19.4 Å². The molecular weight excluding hydrogens is 251 g/mol. The number of rotatable bonds is 1. The van der Waals surface area contributed by atoms with Gasteiger partial charge < -0.3 is 4.74 Å². The summed E-state index contributed by atoms with van der Waals surface area (Å²) in [6.07, 6.45) is 2.36. The summed E-state index contributed by atoms with van der Waals surface area (Å²) < 4.78 is 18.9. The standard InChI is InChI=1S/C13H7FN2O3/c1-19-9-3-2-8(14)10-11(9)13(18)7-5-16-15-4-6(7)12(10)17/h2-5H,1H3. The third-order valence-electron chi connectivity index (χ3n) is 3.01. The molecule has 0 saturated carbocycles. The second kappa shape index (κ2) is 3.94. The molecule has 0 spiro atoms. The Labute approximate surface area is 107 Å². The molecule has 5 nitrogen and oxygen atoms in total. The SMILES string of the molecule is COc1ccc(F)c2c1C(=O)c1cnncc1C2=O. The van der Waals surface area contributed by atoms with Gasteiger partial charge >= 0.3 is 0 Å². The number of fused-ring (bicyclic) bond motifs is 2. The lowest BCUT2D eigenvalue weighted by atomic mass is 9.85. The second-order valence-electron chi connectivity index (χ2n) is 3.97. The van der Waals surface area contributed by atoms with E-state index in [9.17, 15) is 14.0 Å². The number of halogens is 1. The molecule has 0 fully saturated rings. The molecule has 0 aliphatic heterocycles. The van der Waals surface area contributed by atoms with Crippen molar-refractivity contribution in [1.29, 1.82) is 0 Å². The molecule has 2 aromatic rings. The van der Waals surface area contributed by atoms with Crippen molar-refractivity contribution in [2.45, 2.75) is 0 Å². The van der Waals surface area contributed by atoms with Crippen LogP contribution < -0.4 is 4.74 Å². The van der Waals surface area contributed by atoms with Crippen LogP contribution in [-0.2, 0) is 0 Å². The van der Waals surface area contributed by atoms with Crippen LogP contribution in [0.25, 0.3) is 0 Å². The fourth-order valence-electron chi connectivity index (χ4n) is 2.13. The van der Waals surface area contributed by atoms with E-state index in [4.69, 9.17) is 4.74 Å². The number of benzene rings is 1. The Kier molecular flexibility index (Phi) is 2.38. The molecule has 94 valence electrons. The van der Waals surface area contributed by atoms with Crippen molar-refractivity contribution in [2.75, 3.05) is 7.11 Å². The lowest BCUT2D eigenvalue weighted by Gasteiger charge is -2.18. The summed E-state index contributed by atoms with van der Waals surface area (Å²) in [5.74, 6) is -1.67. The molecule has 0 N–H and O–H groups in total. The topological polar surface area (TPSA) is 69.2 Å². The van der Waals surface area contributed by atoms with E-state index in [1.54, 1.807) is 0 Å². The van der Waals surface area contributed by atoms with E-state index >= 15 is 0 Å². The van der Waals surface area contributed by atoms with Gasteiger partial charge in [0.2, 0.25) is 0 Å². The molecule has 19 heavy (non-hydrogen) atoms. The van der Waals surface area contributed by atoms with Crippen LogP contribution in [0.4, 0.5) is 4.39 Å². The first-order valence-electron chi connectivity index (χ1n) is 5.41. The molecule has 1 aromatic heterocycles. The van der Waals surface area contributed by atoms with Gasteiger partial charge in [0.25, 0.3) is 0 Å². The highest BCUT2D eigenvalue weighted by Gasteiger charge is 2.35. The molecule has 0 atom stereocenters. The van der Waals surface area contributed by atoms with Crippen LogP contribution in [0.1, 0.15) is 31.8 Å². The predicted octanol–water partition coefficient (Wildman–Crippen LogP) is 1.40. The van der Waals surface area contributed by atoms with Gasteiger partial charge in [0.05, 0.1) is 41.8 Å². The molecular formula is C13H7FN2O3. The molecule has 1 aliphatic rings. The Hall–Kier alpha value is -2.63. The predicted molar refractivity (Wildman–Crippen MR) is 61.8 cm³/mol. The zero-order valence-corrected chi connectivity index (χ0v) is 9.81. The fraction of sp³-hybridized carbons (Fsp3) is 0.0769. The number of nitrogens with zero attached hydrogens (tertiary/aromatic N) is 2. The van der Waals surface area contributed by atoms with Crippen LogP contribution in [-0.4, -0.2) is 28.9 Å². The van der Waals surface area contributed by atoms with Gasteiger partial charge in [-0.05, 0) is 12.1 Å². The van der Waals surface area contributed by atoms with Crippen molar-refractivity contribution in [3.05, 3.63) is 52.6 Å². The minimum absolute atomic E-state index is 0.0552. The first-order chi connectivity index (χ1) is 9.15. The molecule has 0 saturated heterocycles. The van der Waals surface area contributed by atoms with Crippen molar-refractivity contribution in [2.24, 2.45) is 0 Å². The number of ether oxygens (including phenoxy) is 1. The minimum atomic E-state index is -0.753. The van der Waals surface area contributed by atoms with Gasteiger partial charge in [-0.2, -0.15) is 10.2 Å². The van der Waals surface area contributed by atoms with Crippen LogP contribution in [0.15, 0.2) is 24.5 Å². The number of ketones is 2. The number of aromatic nitrogens is 2. The molecule has 6 heteroatoms. The number of hydrogen-bond donors (Lipinski definition) is 0. The van der Waals surface area contributed by atoms with Gasteiger partial charge in [-0.3, -0.25) is 9.59 Å². The van der Waals surface area contributed by atoms with Gasteiger partial charge in [0, 0.05) is 0 Å². The third-order valence-corrected chi connectivity index (χ3v) is 3.01. The van der Waals surface area contributed by atoms with E-state index in [0.29, 0.717) is 0 Å². The van der Waals surface area contributed by atoms with Crippen LogP contribution in [0.3, 0.4) is 0 Å². The average Bonchev–Trinajstić information content (AvgIpc) is 2.44. The minimum Gasteiger partial charge on any atom is -0.496 e. The number of carbonyl (C=O) groups excluding carboxylic acids is 2. The average molecular weight is 258 g/mol. The molecule has 3 rings (SSSR count). The molecule has 1 aromatic carbocycles. The maximum atomic E-state index is 13.8. The maximum absolute atomic E-state index is 13.8. The normalized spacial score (nSPS) is 12.9. The van der Waals surface area contributed by atoms with E-state index in [2.05, 4.69) is 10.2 Å². The molecule has 0 amide bonds. The summed E-state index contributed by atoms with van der Waals surface area (Å²) in [6, 6.07) is 2.42. The van der Waals surface area contributed by atoms with Crippen LogP contribution in [0.5, 0.6) is 5.75 Å². The Morgan fingerprint density at radius 2 is 1.58 bits per heavy atom.